The van der Waals surface area contributed by atoms with Gasteiger partial charge in [-0.3, -0.25) is 4.79 Å². The van der Waals surface area contributed by atoms with Crippen LogP contribution in [0, 0.1) is 6.92 Å². The smallest absolute Gasteiger partial charge is 0.276 e. The fraction of sp³-hybridized carbons (Fsp3) is 0.312. The van der Waals surface area contributed by atoms with Crippen LogP contribution in [0.2, 0.25) is 0 Å². The van der Waals surface area contributed by atoms with Crippen molar-refractivity contribution in [1.29, 1.82) is 0 Å². The van der Waals surface area contributed by atoms with Crippen LogP contribution < -0.4 is 5.32 Å². The molecule has 0 radical (unpaired) electrons. The number of carbonyl (C=O) groups excluding carboxylic acids is 1. The molecule has 0 bridgehead atoms. The molecule has 4 heteroatoms. The lowest BCUT2D eigenvalue weighted by Crippen LogP contribution is -2.16. The van der Waals surface area contributed by atoms with E-state index >= 15 is 0 Å². The fourth-order valence-corrected chi connectivity index (χ4v) is 2.10. The van der Waals surface area contributed by atoms with E-state index in [0.717, 1.165) is 35.3 Å². The molecule has 2 aromatic rings. The number of nitrogens with zero attached hydrogens (tertiary/aromatic N) is 2. The SMILES string of the molecule is CCc1cccc(CC)c1NC(=O)c1ccc(C)nn1. The minimum Gasteiger partial charge on any atom is -0.320 e. The van der Waals surface area contributed by atoms with Crippen molar-refractivity contribution >= 4 is 11.6 Å². The Hall–Kier alpha value is -2.23. The lowest BCUT2D eigenvalue weighted by atomic mass is 10.0. The number of amides is 1. The topological polar surface area (TPSA) is 54.9 Å². The van der Waals surface area contributed by atoms with E-state index in [2.05, 4.69) is 29.4 Å². The van der Waals surface area contributed by atoms with Crippen LogP contribution in [-0.4, -0.2) is 16.1 Å². The van der Waals surface area contributed by atoms with Crippen LogP contribution in [0.1, 0.15) is 41.2 Å². The number of para-hydroxylation sites is 1. The highest BCUT2D eigenvalue weighted by molar-refractivity contribution is 6.03. The van der Waals surface area contributed by atoms with Gasteiger partial charge < -0.3 is 5.32 Å². The number of hydrogen-bond donors (Lipinski definition) is 1. The number of nitrogens with one attached hydrogen (secondary N) is 1. The van der Waals surface area contributed by atoms with Crippen LogP contribution >= 0.6 is 0 Å². The number of carbonyl (C=O) groups is 1. The zero-order valence-electron chi connectivity index (χ0n) is 12.1. The Morgan fingerprint density at radius 2 is 1.70 bits per heavy atom. The summed E-state index contributed by atoms with van der Waals surface area (Å²) in [4.78, 5) is 12.2. The Morgan fingerprint density at radius 3 is 2.20 bits per heavy atom. The first-order chi connectivity index (χ1) is 9.65. The maximum absolute atomic E-state index is 12.2. The van der Waals surface area contributed by atoms with Crippen LogP contribution in [-0.2, 0) is 12.8 Å². The number of benzene rings is 1. The Morgan fingerprint density at radius 1 is 1.05 bits per heavy atom. The maximum atomic E-state index is 12.2. The summed E-state index contributed by atoms with van der Waals surface area (Å²) in [5, 5.41) is 10.8. The summed E-state index contributed by atoms with van der Waals surface area (Å²) in [5.41, 5.74) is 4.31. The molecule has 0 aliphatic rings. The minimum atomic E-state index is -0.215. The van der Waals surface area contributed by atoms with Gasteiger partial charge in [0.15, 0.2) is 5.69 Å². The molecule has 1 amide bonds. The zero-order valence-corrected chi connectivity index (χ0v) is 12.1. The van der Waals surface area contributed by atoms with Gasteiger partial charge >= 0.3 is 0 Å². The second-order valence-corrected chi connectivity index (χ2v) is 4.67. The van der Waals surface area contributed by atoms with Crippen LogP contribution in [0.25, 0.3) is 0 Å². The van der Waals surface area contributed by atoms with Gasteiger partial charge in [0.2, 0.25) is 0 Å². The standard InChI is InChI=1S/C16H19N3O/c1-4-12-7-6-8-13(5-2)15(12)17-16(20)14-10-9-11(3)18-19-14/h6-10H,4-5H2,1-3H3,(H,17,20). The molecule has 2 rings (SSSR count). The zero-order chi connectivity index (χ0) is 14.5. The molecule has 0 saturated heterocycles. The summed E-state index contributed by atoms with van der Waals surface area (Å²) in [7, 11) is 0. The van der Waals surface area contributed by atoms with Crippen LogP contribution in [0.5, 0.6) is 0 Å². The van der Waals surface area contributed by atoms with Gasteiger partial charge in [0.25, 0.3) is 5.91 Å². The maximum Gasteiger partial charge on any atom is 0.276 e. The quantitative estimate of drug-likeness (QED) is 0.927. The second kappa shape index (κ2) is 6.28. The second-order valence-electron chi connectivity index (χ2n) is 4.67. The van der Waals surface area contributed by atoms with Gasteiger partial charge in [0.05, 0.1) is 5.69 Å². The van der Waals surface area contributed by atoms with Crippen molar-refractivity contribution in [3.63, 3.8) is 0 Å². The van der Waals surface area contributed by atoms with Gasteiger partial charge in [-0.15, -0.1) is 5.10 Å². The molecular weight excluding hydrogens is 250 g/mol. The largest absolute Gasteiger partial charge is 0.320 e. The van der Waals surface area contributed by atoms with Crippen LogP contribution in [0.4, 0.5) is 5.69 Å². The van der Waals surface area contributed by atoms with Crippen molar-refractivity contribution in [3.8, 4) is 0 Å². The summed E-state index contributed by atoms with van der Waals surface area (Å²) in [6.07, 6.45) is 1.76. The summed E-state index contributed by atoms with van der Waals surface area (Å²) in [5.74, 6) is -0.215. The van der Waals surface area contributed by atoms with Crippen molar-refractivity contribution in [1.82, 2.24) is 10.2 Å². The van der Waals surface area contributed by atoms with Gasteiger partial charge in [-0.25, -0.2) is 0 Å². The first kappa shape index (κ1) is 14.2. The molecule has 1 aromatic carbocycles. The third-order valence-corrected chi connectivity index (χ3v) is 3.27. The molecule has 1 aromatic heterocycles. The molecule has 0 saturated carbocycles. The number of aromatic nitrogens is 2. The van der Waals surface area contributed by atoms with Crippen molar-refractivity contribution in [2.24, 2.45) is 0 Å². The normalized spacial score (nSPS) is 10.3. The van der Waals surface area contributed by atoms with Crippen LogP contribution in [0.15, 0.2) is 30.3 Å². The van der Waals surface area contributed by atoms with Gasteiger partial charge in [-0.1, -0.05) is 32.0 Å². The van der Waals surface area contributed by atoms with E-state index in [-0.39, 0.29) is 5.91 Å². The molecule has 0 unspecified atom stereocenters. The van der Waals surface area contributed by atoms with E-state index in [0.29, 0.717) is 5.69 Å². The van der Waals surface area contributed by atoms with Crippen molar-refractivity contribution in [3.05, 3.63) is 52.8 Å². The lowest BCUT2D eigenvalue weighted by Gasteiger charge is -2.14. The van der Waals surface area contributed by atoms with E-state index in [4.69, 9.17) is 0 Å². The molecular formula is C16H19N3O. The van der Waals surface area contributed by atoms with E-state index in [9.17, 15) is 4.79 Å². The van der Waals surface area contributed by atoms with E-state index in [1.54, 1.807) is 12.1 Å². The summed E-state index contributed by atoms with van der Waals surface area (Å²) in [6, 6.07) is 9.58. The van der Waals surface area contributed by atoms with Gasteiger partial charge in [0, 0.05) is 5.69 Å². The summed E-state index contributed by atoms with van der Waals surface area (Å²) < 4.78 is 0. The highest BCUT2D eigenvalue weighted by Gasteiger charge is 2.12. The Balaban J connectivity index is 2.29. The monoisotopic (exact) mass is 269 g/mol. The van der Waals surface area contributed by atoms with E-state index < -0.39 is 0 Å². The minimum absolute atomic E-state index is 0.215. The fourth-order valence-electron chi connectivity index (χ4n) is 2.10. The van der Waals surface area contributed by atoms with E-state index in [1.807, 2.05) is 25.1 Å². The average Bonchev–Trinajstić information content (AvgIpc) is 2.48. The number of anilines is 1. The molecule has 20 heavy (non-hydrogen) atoms. The third-order valence-electron chi connectivity index (χ3n) is 3.27. The molecule has 1 heterocycles. The highest BCUT2D eigenvalue weighted by Crippen LogP contribution is 2.23. The van der Waals surface area contributed by atoms with E-state index in [1.165, 1.54) is 0 Å². The summed E-state index contributed by atoms with van der Waals surface area (Å²) >= 11 is 0. The predicted molar refractivity (Wildman–Crippen MR) is 79.9 cm³/mol. The molecule has 0 fully saturated rings. The molecule has 0 spiro atoms. The third kappa shape index (κ3) is 3.02. The average molecular weight is 269 g/mol. The van der Waals surface area contributed by atoms with Crippen LogP contribution in [0.3, 0.4) is 0 Å². The first-order valence-corrected chi connectivity index (χ1v) is 6.88. The Bertz CT molecular complexity index is 583. The molecule has 0 aliphatic carbocycles. The van der Waals surface area contributed by atoms with Crippen molar-refractivity contribution < 1.29 is 4.79 Å². The number of rotatable bonds is 4. The molecule has 1 N–H and O–H groups in total. The number of aryl methyl sites for hydroxylation is 3. The molecule has 4 nitrogen and oxygen atoms in total. The highest BCUT2D eigenvalue weighted by atomic mass is 16.1. The van der Waals surface area contributed by atoms with Crippen molar-refractivity contribution in [2.45, 2.75) is 33.6 Å². The predicted octanol–water partition coefficient (Wildman–Crippen LogP) is 3.16. The molecule has 0 aliphatic heterocycles. The number of hydrogen-bond acceptors (Lipinski definition) is 3. The van der Waals surface area contributed by atoms with Crippen molar-refractivity contribution in [2.75, 3.05) is 5.32 Å². The molecule has 104 valence electrons. The molecule has 0 atom stereocenters. The van der Waals surface area contributed by atoms with Gasteiger partial charge in [0.1, 0.15) is 0 Å². The lowest BCUT2D eigenvalue weighted by molar-refractivity contribution is 0.102. The summed E-state index contributed by atoms with van der Waals surface area (Å²) in [6.45, 7) is 6.00. The van der Waals surface area contributed by atoms with Gasteiger partial charge in [-0.2, -0.15) is 5.10 Å². The Kier molecular flexibility index (Phi) is 4.45. The first-order valence-electron chi connectivity index (χ1n) is 6.88. The van der Waals surface area contributed by atoms with Gasteiger partial charge in [-0.05, 0) is 43.0 Å². The Labute approximate surface area is 119 Å².